The molecule has 174 valence electrons. The normalized spacial score (nSPS) is 20.7. The molecule has 1 aromatic heterocycles. The third-order valence-electron chi connectivity index (χ3n) is 5.31. The third-order valence-corrected chi connectivity index (χ3v) is 5.31. The van der Waals surface area contributed by atoms with Crippen molar-refractivity contribution >= 4 is 22.6 Å². The van der Waals surface area contributed by atoms with Gasteiger partial charge in [0.15, 0.2) is 0 Å². The van der Waals surface area contributed by atoms with Crippen molar-refractivity contribution in [2.75, 3.05) is 4.90 Å². The Balaban J connectivity index is 2.05. The molecule has 0 saturated heterocycles. The number of halogens is 3. The number of hydrogen-bond acceptors (Lipinski definition) is 6. The van der Waals surface area contributed by atoms with Crippen LogP contribution in [0.5, 0.6) is 0 Å². The first-order valence-corrected chi connectivity index (χ1v) is 10.1. The van der Waals surface area contributed by atoms with Crippen LogP contribution in [0.3, 0.4) is 0 Å². The Morgan fingerprint density at radius 2 is 2.00 bits per heavy atom. The molecule has 1 aliphatic heterocycles. The Hall–Kier alpha value is -3.44. The second kappa shape index (κ2) is 8.16. The lowest BCUT2D eigenvalue weighted by Crippen LogP contribution is -2.54. The van der Waals surface area contributed by atoms with Crippen molar-refractivity contribution in [3.63, 3.8) is 0 Å². The second-order valence-electron chi connectivity index (χ2n) is 8.71. The van der Waals surface area contributed by atoms with Crippen LogP contribution in [-0.4, -0.2) is 27.9 Å². The topological polar surface area (TPSA) is 113 Å². The van der Waals surface area contributed by atoms with E-state index in [0.29, 0.717) is 0 Å². The van der Waals surface area contributed by atoms with E-state index < -0.39 is 46.8 Å². The number of carbonyl (C=O) groups excluding carboxylic acids is 1. The van der Waals surface area contributed by atoms with Crippen LogP contribution in [0.15, 0.2) is 52.4 Å². The summed E-state index contributed by atoms with van der Waals surface area (Å²) in [6.07, 6.45) is 1.99. The number of hydrazine groups is 1. The van der Waals surface area contributed by atoms with Gasteiger partial charge in [-0.1, -0.05) is 6.08 Å². The molecule has 2 heterocycles. The van der Waals surface area contributed by atoms with Gasteiger partial charge in [-0.3, -0.25) is 15.5 Å². The van der Waals surface area contributed by atoms with E-state index in [9.17, 15) is 18.4 Å². The molecule has 0 spiro atoms. The molecule has 8 nitrogen and oxygen atoms in total. The summed E-state index contributed by atoms with van der Waals surface area (Å²) in [5.74, 6) is 3.63. The number of amides is 1. The average molecular weight is 461 g/mol. The monoisotopic (exact) mass is 461 g/mol. The molecule has 0 saturated carbocycles. The summed E-state index contributed by atoms with van der Waals surface area (Å²) in [5, 5.41) is 6.43. The van der Waals surface area contributed by atoms with Gasteiger partial charge in [0.25, 0.3) is 5.56 Å². The molecule has 33 heavy (non-hydrogen) atoms. The molecule has 4 N–H and O–H groups in total. The van der Waals surface area contributed by atoms with Crippen LogP contribution >= 0.6 is 0 Å². The molecule has 1 aliphatic carbocycles. The number of aromatic amines is 1. The maximum absolute atomic E-state index is 15.2. The van der Waals surface area contributed by atoms with Crippen molar-refractivity contribution < 1.29 is 22.7 Å². The molecule has 1 aromatic carbocycles. The van der Waals surface area contributed by atoms with Gasteiger partial charge in [0.1, 0.15) is 23.1 Å². The van der Waals surface area contributed by atoms with Crippen molar-refractivity contribution in [1.29, 1.82) is 0 Å². The molecular weight excluding hydrogens is 439 g/mol. The second-order valence-corrected chi connectivity index (χ2v) is 8.71. The first-order valence-electron chi connectivity index (χ1n) is 10.1. The summed E-state index contributed by atoms with van der Waals surface area (Å²) < 4.78 is 49.2. The summed E-state index contributed by atoms with van der Waals surface area (Å²) >= 11 is 0. The highest BCUT2D eigenvalue weighted by atomic mass is 19.1. The van der Waals surface area contributed by atoms with Crippen LogP contribution < -0.4 is 21.7 Å². The smallest absolute Gasteiger partial charge is 0.415 e. The number of anilines is 1. The Morgan fingerprint density at radius 3 is 2.67 bits per heavy atom. The number of H-pyrrole nitrogens is 1. The molecule has 2 atom stereocenters. The summed E-state index contributed by atoms with van der Waals surface area (Å²) in [6, 6.07) is -0.249. The van der Waals surface area contributed by atoms with E-state index in [1.807, 2.05) is 0 Å². The highest BCUT2D eigenvalue weighted by Gasteiger charge is 2.44. The number of ether oxygens (including phenoxy) is 1. The molecule has 11 heteroatoms. The third kappa shape index (κ3) is 4.05. The number of nitrogens with zero attached hydrogens (tertiary/aromatic N) is 2. The minimum Gasteiger partial charge on any atom is -0.443 e. The minimum atomic E-state index is -1.24. The van der Waals surface area contributed by atoms with Gasteiger partial charge in [0.05, 0.1) is 28.9 Å². The summed E-state index contributed by atoms with van der Waals surface area (Å²) in [6.45, 7) is 4.90. The zero-order valence-corrected chi connectivity index (χ0v) is 18.1. The SMILES string of the molecule is CC(C)(C)OC(=O)N1c2cc(F)cc3c(=O)[nH]nc(c23)C(NN)C1C1=C(F)CC=C(F)C=C1. The molecule has 4 rings (SSSR count). The lowest BCUT2D eigenvalue weighted by molar-refractivity contribution is 0.0562. The first-order chi connectivity index (χ1) is 15.5. The molecule has 2 unspecified atom stereocenters. The number of rotatable bonds is 2. The van der Waals surface area contributed by atoms with E-state index in [1.54, 1.807) is 20.8 Å². The van der Waals surface area contributed by atoms with Crippen LogP contribution in [0, 0.1) is 5.82 Å². The highest BCUT2D eigenvalue weighted by molar-refractivity contribution is 6.05. The van der Waals surface area contributed by atoms with Gasteiger partial charge in [0.2, 0.25) is 0 Å². The number of allylic oxidation sites excluding steroid dienone is 4. The van der Waals surface area contributed by atoms with Crippen molar-refractivity contribution in [3.8, 4) is 0 Å². The summed E-state index contributed by atoms with van der Waals surface area (Å²) in [5.41, 5.74) is 0.919. The van der Waals surface area contributed by atoms with Crippen molar-refractivity contribution in [2.24, 2.45) is 5.84 Å². The van der Waals surface area contributed by atoms with E-state index in [2.05, 4.69) is 15.6 Å². The van der Waals surface area contributed by atoms with Gasteiger partial charge in [-0.05, 0) is 45.1 Å². The van der Waals surface area contributed by atoms with Gasteiger partial charge >= 0.3 is 6.09 Å². The molecule has 0 fully saturated rings. The molecular formula is C22H22F3N5O3. The highest BCUT2D eigenvalue weighted by Crippen LogP contribution is 2.44. The number of nitrogens with one attached hydrogen (secondary N) is 2. The maximum Gasteiger partial charge on any atom is 0.415 e. The molecule has 1 amide bonds. The average Bonchev–Trinajstić information content (AvgIpc) is 2.89. The van der Waals surface area contributed by atoms with Crippen LogP contribution in [0.2, 0.25) is 0 Å². The fourth-order valence-corrected chi connectivity index (χ4v) is 4.03. The van der Waals surface area contributed by atoms with E-state index in [-0.39, 0.29) is 34.1 Å². The van der Waals surface area contributed by atoms with Crippen molar-refractivity contribution in [1.82, 2.24) is 15.6 Å². The van der Waals surface area contributed by atoms with Crippen molar-refractivity contribution in [3.05, 3.63) is 69.5 Å². The number of benzene rings is 1. The fraction of sp³-hybridized carbons (Fsp3) is 0.318. The van der Waals surface area contributed by atoms with Crippen LogP contribution in [-0.2, 0) is 4.74 Å². The number of hydrogen-bond donors (Lipinski definition) is 3. The largest absolute Gasteiger partial charge is 0.443 e. The Bertz CT molecular complexity index is 1290. The predicted molar refractivity (Wildman–Crippen MR) is 116 cm³/mol. The molecule has 0 radical (unpaired) electrons. The van der Waals surface area contributed by atoms with Crippen LogP contribution in [0.4, 0.5) is 23.7 Å². The lowest BCUT2D eigenvalue weighted by atomic mass is 9.87. The van der Waals surface area contributed by atoms with E-state index >= 15 is 4.39 Å². The number of aromatic nitrogens is 2. The Kier molecular flexibility index (Phi) is 5.62. The fourth-order valence-electron chi connectivity index (χ4n) is 4.03. The van der Waals surface area contributed by atoms with Gasteiger partial charge < -0.3 is 4.74 Å². The predicted octanol–water partition coefficient (Wildman–Crippen LogP) is 3.73. The Labute approximate surface area is 186 Å². The van der Waals surface area contributed by atoms with E-state index in [0.717, 1.165) is 29.2 Å². The number of nitrogens with two attached hydrogens (primary N) is 1. The van der Waals surface area contributed by atoms with E-state index in [4.69, 9.17) is 10.6 Å². The van der Waals surface area contributed by atoms with Gasteiger partial charge in [-0.15, -0.1) is 0 Å². The first kappa shape index (κ1) is 22.7. The quantitative estimate of drug-likeness (QED) is 0.464. The maximum atomic E-state index is 15.2. The standard InChI is InChI=1S/C22H22F3N5O3/c1-22(2,3)33-21(32)30-15-9-11(24)8-13-16(15)17(28-29-20(13)31)18(27-26)19(30)12-6-4-10(23)5-7-14(12)25/h4-6,8-9,18-19,27H,7,26H2,1-3H3,(H,29,31). The summed E-state index contributed by atoms with van der Waals surface area (Å²) in [4.78, 5) is 26.8. The molecule has 0 bridgehead atoms. The minimum absolute atomic E-state index is 0.0456. The van der Waals surface area contributed by atoms with Gasteiger partial charge in [0, 0.05) is 17.4 Å². The van der Waals surface area contributed by atoms with Gasteiger partial charge in [-0.2, -0.15) is 5.10 Å². The number of carbonyl (C=O) groups is 1. The molecule has 2 aliphatic rings. The Morgan fingerprint density at radius 1 is 1.27 bits per heavy atom. The van der Waals surface area contributed by atoms with Crippen LogP contribution in [0.1, 0.15) is 38.9 Å². The van der Waals surface area contributed by atoms with Gasteiger partial charge in [-0.25, -0.2) is 28.5 Å². The summed E-state index contributed by atoms with van der Waals surface area (Å²) in [7, 11) is 0. The zero-order chi connectivity index (χ0) is 24.1. The van der Waals surface area contributed by atoms with Crippen molar-refractivity contribution in [2.45, 2.75) is 44.9 Å². The zero-order valence-electron chi connectivity index (χ0n) is 18.1. The van der Waals surface area contributed by atoms with E-state index in [1.165, 1.54) is 6.08 Å². The van der Waals surface area contributed by atoms with Crippen LogP contribution in [0.25, 0.3) is 10.8 Å². The lowest BCUT2D eigenvalue weighted by Gasteiger charge is -2.42. The molecule has 2 aromatic rings.